The van der Waals surface area contributed by atoms with E-state index in [-0.39, 0.29) is 0 Å². The van der Waals surface area contributed by atoms with E-state index in [1.54, 1.807) is 0 Å². The molecule has 0 saturated heterocycles. The van der Waals surface area contributed by atoms with Crippen LogP contribution < -0.4 is 0 Å². The summed E-state index contributed by atoms with van der Waals surface area (Å²) in [7, 11) is 0. The van der Waals surface area contributed by atoms with E-state index in [1.807, 2.05) is 18.0 Å². The standard InChI is InChI=1S/C12H14OS/c1-3-14-8-10-7-13-12-6-9(2)4-5-11(10)12/h4-7H,3,8H2,1-2H3. The Bertz CT molecular complexity index is 431. The lowest BCUT2D eigenvalue weighted by Crippen LogP contribution is -1.78. The highest BCUT2D eigenvalue weighted by atomic mass is 32.2. The number of aryl methyl sites for hydroxylation is 1. The van der Waals surface area contributed by atoms with Crippen LogP contribution >= 0.6 is 11.8 Å². The average molecular weight is 206 g/mol. The van der Waals surface area contributed by atoms with Gasteiger partial charge in [-0.05, 0) is 24.3 Å². The van der Waals surface area contributed by atoms with Crippen LogP contribution in [0.1, 0.15) is 18.1 Å². The first-order valence-electron chi connectivity index (χ1n) is 4.85. The second-order valence-electron chi connectivity index (χ2n) is 3.40. The Morgan fingerprint density at radius 2 is 2.21 bits per heavy atom. The molecule has 1 aromatic carbocycles. The molecule has 0 aliphatic carbocycles. The molecular weight excluding hydrogens is 192 g/mol. The van der Waals surface area contributed by atoms with Crippen molar-refractivity contribution in [3.8, 4) is 0 Å². The molecule has 0 saturated carbocycles. The molecule has 2 rings (SSSR count). The topological polar surface area (TPSA) is 13.1 Å². The van der Waals surface area contributed by atoms with Crippen LogP contribution in [0.15, 0.2) is 28.9 Å². The molecular formula is C12H14OS. The van der Waals surface area contributed by atoms with Gasteiger partial charge in [0.05, 0.1) is 6.26 Å². The highest BCUT2D eigenvalue weighted by molar-refractivity contribution is 7.98. The molecule has 0 spiro atoms. The molecule has 2 heteroatoms. The van der Waals surface area contributed by atoms with Gasteiger partial charge in [0.25, 0.3) is 0 Å². The molecule has 0 fully saturated rings. The molecule has 0 amide bonds. The van der Waals surface area contributed by atoms with Crippen LogP contribution in [0.2, 0.25) is 0 Å². The lowest BCUT2D eigenvalue weighted by molar-refractivity contribution is 0.612. The summed E-state index contributed by atoms with van der Waals surface area (Å²) < 4.78 is 5.51. The summed E-state index contributed by atoms with van der Waals surface area (Å²) in [6.45, 7) is 4.26. The van der Waals surface area contributed by atoms with Gasteiger partial charge in [0.1, 0.15) is 5.58 Å². The number of hydrogen-bond donors (Lipinski definition) is 0. The molecule has 1 nitrogen and oxygen atoms in total. The SMILES string of the molecule is CCSCc1coc2cc(C)ccc12. The molecule has 0 aliphatic heterocycles. The number of fused-ring (bicyclic) bond motifs is 1. The molecule has 0 radical (unpaired) electrons. The van der Waals surface area contributed by atoms with E-state index in [0.717, 1.165) is 17.1 Å². The van der Waals surface area contributed by atoms with Crippen LogP contribution in [-0.2, 0) is 5.75 Å². The second-order valence-corrected chi connectivity index (χ2v) is 4.67. The smallest absolute Gasteiger partial charge is 0.134 e. The fourth-order valence-corrected chi connectivity index (χ4v) is 2.16. The van der Waals surface area contributed by atoms with Gasteiger partial charge in [0, 0.05) is 16.7 Å². The Kier molecular flexibility index (Phi) is 2.82. The molecule has 2 aromatic rings. The first-order chi connectivity index (χ1) is 6.81. The Balaban J connectivity index is 2.37. The van der Waals surface area contributed by atoms with Crippen LogP contribution in [0.25, 0.3) is 11.0 Å². The zero-order valence-corrected chi connectivity index (χ0v) is 9.36. The van der Waals surface area contributed by atoms with Gasteiger partial charge in [-0.15, -0.1) is 0 Å². The summed E-state index contributed by atoms with van der Waals surface area (Å²) in [5.41, 5.74) is 3.57. The Labute approximate surface area is 88.5 Å². The van der Waals surface area contributed by atoms with Crippen molar-refractivity contribution < 1.29 is 4.42 Å². The number of benzene rings is 1. The van der Waals surface area contributed by atoms with Crippen LogP contribution in [0, 0.1) is 6.92 Å². The van der Waals surface area contributed by atoms with Crippen molar-refractivity contribution in [1.29, 1.82) is 0 Å². The molecule has 1 heterocycles. The lowest BCUT2D eigenvalue weighted by Gasteiger charge is -1.96. The third kappa shape index (κ3) is 1.80. The van der Waals surface area contributed by atoms with E-state index in [2.05, 4.69) is 32.0 Å². The average Bonchev–Trinajstić information content (AvgIpc) is 2.57. The third-order valence-corrected chi connectivity index (χ3v) is 3.20. The quantitative estimate of drug-likeness (QED) is 0.753. The normalized spacial score (nSPS) is 11.0. The number of hydrogen-bond acceptors (Lipinski definition) is 2. The summed E-state index contributed by atoms with van der Waals surface area (Å²) in [6.07, 6.45) is 1.88. The van der Waals surface area contributed by atoms with Crippen molar-refractivity contribution in [3.63, 3.8) is 0 Å². The van der Waals surface area contributed by atoms with Gasteiger partial charge in [-0.2, -0.15) is 11.8 Å². The molecule has 0 bridgehead atoms. The van der Waals surface area contributed by atoms with Crippen LogP contribution in [0.4, 0.5) is 0 Å². The van der Waals surface area contributed by atoms with E-state index in [9.17, 15) is 0 Å². The number of rotatable bonds is 3. The molecule has 0 aliphatic rings. The van der Waals surface area contributed by atoms with Gasteiger partial charge in [0.2, 0.25) is 0 Å². The van der Waals surface area contributed by atoms with Gasteiger partial charge in [-0.1, -0.05) is 19.1 Å². The minimum absolute atomic E-state index is 1.01. The molecule has 14 heavy (non-hydrogen) atoms. The van der Waals surface area contributed by atoms with Crippen LogP contribution in [-0.4, -0.2) is 5.75 Å². The van der Waals surface area contributed by atoms with Crippen LogP contribution in [0.5, 0.6) is 0 Å². The van der Waals surface area contributed by atoms with Crippen molar-refractivity contribution in [1.82, 2.24) is 0 Å². The van der Waals surface area contributed by atoms with E-state index in [1.165, 1.54) is 16.5 Å². The predicted octanol–water partition coefficient (Wildman–Crippen LogP) is 3.99. The molecule has 74 valence electrons. The van der Waals surface area contributed by atoms with E-state index >= 15 is 0 Å². The van der Waals surface area contributed by atoms with Gasteiger partial charge in [0.15, 0.2) is 0 Å². The summed E-state index contributed by atoms with van der Waals surface area (Å²) in [5, 5.41) is 1.26. The van der Waals surface area contributed by atoms with E-state index in [0.29, 0.717) is 0 Å². The molecule has 0 N–H and O–H groups in total. The van der Waals surface area contributed by atoms with Crippen molar-refractivity contribution in [3.05, 3.63) is 35.6 Å². The minimum atomic E-state index is 1.01. The van der Waals surface area contributed by atoms with Gasteiger partial charge in [-0.25, -0.2) is 0 Å². The Morgan fingerprint density at radius 1 is 1.36 bits per heavy atom. The molecule has 1 aromatic heterocycles. The zero-order chi connectivity index (χ0) is 9.97. The monoisotopic (exact) mass is 206 g/mol. The maximum absolute atomic E-state index is 5.51. The van der Waals surface area contributed by atoms with Gasteiger partial charge >= 0.3 is 0 Å². The van der Waals surface area contributed by atoms with Crippen molar-refractivity contribution in [2.75, 3.05) is 5.75 Å². The summed E-state index contributed by atoms with van der Waals surface area (Å²) >= 11 is 1.92. The first-order valence-corrected chi connectivity index (χ1v) is 6.01. The first kappa shape index (κ1) is 9.66. The summed E-state index contributed by atoms with van der Waals surface area (Å²) in [5.74, 6) is 2.20. The molecule has 0 unspecified atom stereocenters. The lowest BCUT2D eigenvalue weighted by atomic mass is 10.1. The molecule has 0 atom stereocenters. The Morgan fingerprint density at radius 3 is 3.00 bits per heavy atom. The van der Waals surface area contributed by atoms with Crippen LogP contribution in [0.3, 0.4) is 0 Å². The van der Waals surface area contributed by atoms with Gasteiger partial charge < -0.3 is 4.42 Å². The minimum Gasteiger partial charge on any atom is -0.464 e. The Hall–Kier alpha value is -0.890. The maximum atomic E-state index is 5.51. The van der Waals surface area contributed by atoms with Crippen molar-refractivity contribution in [2.45, 2.75) is 19.6 Å². The van der Waals surface area contributed by atoms with E-state index < -0.39 is 0 Å². The number of thioether (sulfide) groups is 1. The highest BCUT2D eigenvalue weighted by Crippen LogP contribution is 2.25. The maximum Gasteiger partial charge on any atom is 0.134 e. The third-order valence-electron chi connectivity index (χ3n) is 2.27. The number of furan rings is 1. The second kappa shape index (κ2) is 4.09. The summed E-state index contributed by atoms with van der Waals surface area (Å²) in [6, 6.07) is 6.38. The fraction of sp³-hybridized carbons (Fsp3) is 0.333. The van der Waals surface area contributed by atoms with Crippen molar-refractivity contribution >= 4 is 22.7 Å². The largest absolute Gasteiger partial charge is 0.464 e. The van der Waals surface area contributed by atoms with E-state index in [4.69, 9.17) is 4.42 Å². The predicted molar refractivity (Wildman–Crippen MR) is 62.8 cm³/mol. The summed E-state index contributed by atoms with van der Waals surface area (Å²) in [4.78, 5) is 0. The van der Waals surface area contributed by atoms with Crippen molar-refractivity contribution in [2.24, 2.45) is 0 Å². The highest BCUT2D eigenvalue weighted by Gasteiger charge is 2.04. The zero-order valence-electron chi connectivity index (χ0n) is 8.54. The fourth-order valence-electron chi connectivity index (χ4n) is 1.51. The van der Waals surface area contributed by atoms with Gasteiger partial charge in [-0.3, -0.25) is 0 Å².